The van der Waals surface area contributed by atoms with E-state index in [0.717, 1.165) is 19.5 Å². The van der Waals surface area contributed by atoms with Gasteiger partial charge in [0.05, 0.1) is 0 Å². The summed E-state index contributed by atoms with van der Waals surface area (Å²) >= 11 is 0. The van der Waals surface area contributed by atoms with E-state index in [4.69, 9.17) is 0 Å². The minimum Gasteiger partial charge on any atom is -0.373 e. The fourth-order valence-electron chi connectivity index (χ4n) is 2.63. The lowest BCUT2D eigenvalue weighted by molar-refractivity contribution is 0.654. The standard InChI is InChI=1S/C13H20N2/c1-4-10-6-5-7-12-11(8-14-2)9-15(3)13(10)12/h5-7,11,14H,4,8-9H2,1-3H3. The number of benzene rings is 1. The first-order valence-electron chi connectivity index (χ1n) is 5.75. The quantitative estimate of drug-likeness (QED) is 0.810. The van der Waals surface area contributed by atoms with E-state index in [9.17, 15) is 0 Å². The SMILES string of the molecule is CCc1cccc2c1N(C)CC2CNC. The Morgan fingerprint density at radius 2 is 2.27 bits per heavy atom. The number of anilines is 1. The molecule has 0 fully saturated rings. The van der Waals surface area contributed by atoms with Crippen molar-refractivity contribution >= 4 is 5.69 Å². The van der Waals surface area contributed by atoms with Crippen LogP contribution < -0.4 is 10.2 Å². The lowest BCUT2D eigenvalue weighted by Gasteiger charge is -2.15. The van der Waals surface area contributed by atoms with Crippen molar-refractivity contribution in [2.45, 2.75) is 19.3 Å². The summed E-state index contributed by atoms with van der Waals surface area (Å²) in [4.78, 5) is 2.40. The van der Waals surface area contributed by atoms with Gasteiger partial charge in [-0.15, -0.1) is 0 Å². The molecule has 2 rings (SSSR count). The van der Waals surface area contributed by atoms with E-state index in [2.05, 4.69) is 42.4 Å². The van der Waals surface area contributed by atoms with Gasteiger partial charge in [-0.2, -0.15) is 0 Å². The topological polar surface area (TPSA) is 15.3 Å². The van der Waals surface area contributed by atoms with Crippen LogP contribution in [0.5, 0.6) is 0 Å². The number of likely N-dealkylation sites (N-methyl/N-ethyl adjacent to an activating group) is 2. The summed E-state index contributed by atoms with van der Waals surface area (Å²) in [7, 11) is 4.23. The van der Waals surface area contributed by atoms with Crippen molar-refractivity contribution in [3.8, 4) is 0 Å². The number of hydrogen-bond donors (Lipinski definition) is 1. The minimum atomic E-state index is 0.654. The second-order valence-corrected chi connectivity index (χ2v) is 4.34. The first kappa shape index (κ1) is 10.5. The zero-order chi connectivity index (χ0) is 10.8. The molecule has 1 unspecified atom stereocenters. The Hall–Kier alpha value is -1.02. The number of para-hydroxylation sites is 1. The summed E-state index contributed by atoms with van der Waals surface area (Å²) < 4.78 is 0. The third kappa shape index (κ3) is 1.74. The molecule has 0 saturated heterocycles. The van der Waals surface area contributed by atoms with Crippen LogP contribution in [0.25, 0.3) is 0 Å². The van der Waals surface area contributed by atoms with Crippen LogP contribution in [0.2, 0.25) is 0 Å². The first-order chi connectivity index (χ1) is 7.27. The molecule has 2 heteroatoms. The van der Waals surface area contributed by atoms with Crippen LogP contribution in [-0.2, 0) is 6.42 Å². The Bertz CT molecular complexity index is 346. The van der Waals surface area contributed by atoms with Crippen LogP contribution in [0.4, 0.5) is 5.69 Å². The molecule has 15 heavy (non-hydrogen) atoms. The molecule has 0 spiro atoms. The third-order valence-electron chi connectivity index (χ3n) is 3.30. The number of hydrogen-bond acceptors (Lipinski definition) is 2. The average molecular weight is 204 g/mol. The maximum absolute atomic E-state index is 3.28. The smallest absolute Gasteiger partial charge is 0.0432 e. The van der Waals surface area contributed by atoms with Crippen molar-refractivity contribution in [2.75, 3.05) is 32.1 Å². The van der Waals surface area contributed by atoms with Gasteiger partial charge >= 0.3 is 0 Å². The van der Waals surface area contributed by atoms with E-state index in [1.165, 1.54) is 16.8 Å². The van der Waals surface area contributed by atoms with Gasteiger partial charge in [-0.1, -0.05) is 25.1 Å². The summed E-state index contributed by atoms with van der Waals surface area (Å²) in [6, 6.07) is 6.72. The summed E-state index contributed by atoms with van der Waals surface area (Å²) in [6.45, 7) is 4.45. The van der Waals surface area contributed by atoms with Gasteiger partial charge in [0.15, 0.2) is 0 Å². The van der Waals surface area contributed by atoms with Gasteiger partial charge in [0, 0.05) is 31.7 Å². The number of aryl methyl sites for hydroxylation is 1. The molecule has 82 valence electrons. The fourth-order valence-corrected chi connectivity index (χ4v) is 2.63. The predicted molar refractivity (Wildman–Crippen MR) is 65.8 cm³/mol. The number of nitrogens with zero attached hydrogens (tertiary/aromatic N) is 1. The molecule has 1 aromatic rings. The monoisotopic (exact) mass is 204 g/mol. The van der Waals surface area contributed by atoms with Crippen molar-refractivity contribution in [2.24, 2.45) is 0 Å². The molecule has 1 heterocycles. The lowest BCUT2D eigenvalue weighted by atomic mass is 9.98. The van der Waals surface area contributed by atoms with Crippen molar-refractivity contribution in [1.29, 1.82) is 0 Å². The maximum atomic E-state index is 3.28. The van der Waals surface area contributed by atoms with Crippen LogP contribution in [0.1, 0.15) is 24.0 Å². The first-order valence-corrected chi connectivity index (χ1v) is 5.75. The van der Waals surface area contributed by atoms with Gasteiger partial charge < -0.3 is 10.2 Å². The summed E-state index contributed by atoms with van der Waals surface area (Å²) in [5, 5.41) is 3.28. The Kier molecular flexibility index (Phi) is 2.96. The minimum absolute atomic E-state index is 0.654. The van der Waals surface area contributed by atoms with Gasteiger partial charge in [-0.3, -0.25) is 0 Å². The van der Waals surface area contributed by atoms with E-state index >= 15 is 0 Å². The summed E-state index contributed by atoms with van der Waals surface area (Å²) in [5.74, 6) is 0.654. The number of rotatable bonds is 3. The molecule has 1 aromatic carbocycles. The molecule has 0 bridgehead atoms. The average Bonchev–Trinajstić information content (AvgIpc) is 2.57. The predicted octanol–water partition coefficient (Wildman–Crippen LogP) is 2.00. The molecule has 1 aliphatic rings. The number of fused-ring (bicyclic) bond motifs is 1. The molecule has 0 radical (unpaired) electrons. The van der Waals surface area contributed by atoms with Gasteiger partial charge in [0.1, 0.15) is 0 Å². The molecular weight excluding hydrogens is 184 g/mol. The molecule has 1 atom stereocenters. The maximum Gasteiger partial charge on any atom is 0.0432 e. The van der Waals surface area contributed by atoms with Crippen LogP contribution in [0, 0.1) is 0 Å². The highest BCUT2D eigenvalue weighted by Crippen LogP contribution is 2.37. The third-order valence-corrected chi connectivity index (χ3v) is 3.30. The second kappa shape index (κ2) is 4.23. The molecule has 1 aliphatic heterocycles. The van der Waals surface area contributed by atoms with Crippen LogP contribution in [0.3, 0.4) is 0 Å². The molecule has 0 aromatic heterocycles. The summed E-state index contributed by atoms with van der Waals surface area (Å²) in [6.07, 6.45) is 1.12. The zero-order valence-electron chi connectivity index (χ0n) is 9.88. The van der Waals surface area contributed by atoms with Crippen LogP contribution >= 0.6 is 0 Å². The van der Waals surface area contributed by atoms with Crippen molar-refractivity contribution in [3.05, 3.63) is 29.3 Å². The van der Waals surface area contributed by atoms with Crippen molar-refractivity contribution < 1.29 is 0 Å². The van der Waals surface area contributed by atoms with Crippen molar-refractivity contribution in [3.63, 3.8) is 0 Å². The number of nitrogens with one attached hydrogen (secondary N) is 1. The van der Waals surface area contributed by atoms with E-state index in [0.29, 0.717) is 5.92 Å². The van der Waals surface area contributed by atoms with Gasteiger partial charge in [-0.05, 0) is 24.6 Å². The molecule has 0 amide bonds. The molecular formula is C13H20N2. The largest absolute Gasteiger partial charge is 0.373 e. The highest BCUT2D eigenvalue weighted by atomic mass is 15.1. The lowest BCUT2D eigenvalue weighted by Crippen LogP contribution is -2.22. The van der Waals surface area contributed by atoms with E-state index in [-0.39, 0.29) is 0 Å². The Labute approximate surface area is 92.3 Å². The zero-order valence-corrected chi connectivity index (χ0v) is 9.88. The molecule has 1 N–H and O–H groups in total. The Morgan fingerprint density at radius 3 is 2.93 bits per heavy atom. The normalized spacial score (nSPS) is 19.4. The Morgan fingerprint density at radius 1 is 1.47 bits per heavy atom. The highest BCUT2D eigenvalue weighted by Gasteiger charge is 2.27. The van der Waals surface area contributed by atoms with Crippen LogP contribution in [0.15, 0.2) is 18.2 Å². The molecule has 0 aliphatic carbocycles. The van der Waals surface area contributed by atoms with Crippen molar-refractivity contribution in [1.82, 2.24) is 5.32 Å². The van der Waals surface area contributed by atoms with Gasteiger partial charge in [0.25, 0.3) is 0 Å². The van der Waals surface area contributed by atoms with Crippen LogP contribution in [-0.4, -0.2) is 27.2 Å². The summed E-state index contributed by atoms with van der Waals surface area (Å²) in [5.41, 5.74) is 4.47. The van der Waals surface area contributed by atoms with E-state index < -0.39 is 0 Å². The van der Waals surface area contributed by atoms with E-state index in [1.807, 2.05) is 7.05 Å². The second-order valence-electron chi connectivity index (χ2n) is 4.34. The molecule has 2 nitrogen and oxygen atoms in total. The van der Waals surface area contributed by atoms with Gasteiger partial charge in [0.2, 0.25) is 0 Å². The highest BCUT2D eigenvalue weighted by molar-refractivity contribution is 5.64. The van der Waals surface area contributed by atoms with Gasteiger partial charge in [-0.25, -0.2) is 0 Å². The Balaban J connectivity index is 2.39. The molecule has 0 saturated carbocycles. The fraction of sp³-hybridized carbons (Fsp3) is 0.538. The van der Waals surface area contributed by atoms with E-state index in [1.54, 1.807) is 0 Å².